The van der Waals surface area contributed by atoms with Crippen molar-refractivity contribution in [2.24, 2.45) is 0 Å². The summed E-state index contributed by atoms with van der Waals surface area (Å²) >= 11 is 6.04. The van der Waals surface area contributed by atoms with Crippen molar-refractivity contribution >= 4 is 33.5 Å². The maximum Gasteiger partial charge on any atom is 0.278 e. The lowest BCUT2D eigenvalue weighted by Gasteiger charge is -2.10. The van der Waals surface area contributed by atoms with Crippen molar-refractivity contribution < 1.29 is 4.39 Å². The highest BCUT2D eigenvalue weighted by Crippen LogP contribution is 2.27. The van der Waals surface area contributed by atoms with Gasteiger partial charge in [0.15, 0.2) is 0 Å². The van der Waals surface area contributed by atoms with Crippen molar-refractivity contribution in [1.29, 1.82) is 0 Å². The fraction of sp³-hybridized carbons (Fsp3) is 0.120. The number of halogens is 2. The van der Waals surface area contributed by atoms with Gasteiger partial charge in [0, 0.05) is 17.0 Å². The van der Waals surface area contributed by atoms with E-state index in [1.54, 1.807) is 23.0 Å². The van der Waals surface area contributed by atoms with Gasteiger partial charge in [0.2, 0.25) is 0 Å². The normalized spacial score (nSPS) is 11.5. The third-order valence-electron chi connectivity index (χ3n) is 5.50. The lowest BCUT2D eigenvalue weighted by Crippen LogP contribution is -2.23. The van der Waals surface area contributed by atoms with Crippen LogP contribution in [0.15, 0.2) is 77.9 Å². The average Bonchev–Trinajstić information content (AvgIpc) is 3.06. The molecule has 0 spiro atoms. The van der Waals surface area contributed by atoms with Crippen LogP contribution in [0.2, 0.25) is 5.02 Å². The largest absolute Gasteiger partial charge is 0.330 e. The van der Waals surface area contributed by atoms with Crippen LogP contribution in [0.5, 0.6) is 0 Å². The van der Waals surface area contributed by atoms with Crippen LogP contribution >= 0.6 is 11.6 Å². The molecule has 2 heterocycles. The summed E-state index contributed by atoms with van der Waals surface area (Å²) in [5.74, 6) is -0.303. The van der Waals surface area contributed by atoms with Gasteiger partial charge in [-0.05, 0) is 54.4 Å². The van der Waals surface area contributed by atoms with Gasteiger partial charge in [-0.3, -0.25) is 9.36 Å². The molecule has 31 heavy (non-hydrogen) atoms. The van der Waals surface area contributed by atoms with Gasteiger partial charge < -0.3 is 4.57 Å². The maximum absolute atomic E-state index is 13.5. The molecule has 0 bridgehead atoms. The molecule has 5 aromatic rings. The van der Waals surface area contributed by atoms with E-state index in [0.717, 1.165) is 27.6 Å². The maximum atomic E-state index is 13.5. The highest BCUT2D eigenvalue weighted by atomic mass is 35.5. The van der Waals surface area contributed by atoms with E-state index in [4.69, 9.17) is 11.6 Å². The molecule has 154 valence electrons. The van der Waals surface area contributed by atoms with Gasteiger partial charge in [-0.2, -0.15) is 0 Å². The Balaban J connectivity index is 1.70. The van der Waals surface area contributed by atoms with E-state index >= 15 is 0 Å². The summed E-state index contributed by atoms with van der Waals surface area (Å²) in [5.41, 5.74) is 5.05. The molecule has 0 aliphatic rings. The van der Waals surface area contributed by atoms with Gasteiger partial charge in [0.25, 0.3) is 5.56 Å². The third kappa shape index (κ3) is 3.62. The van der Waals surface area contributed by atoms with E-state index in [0.29, 0.717) is 29.1 Å². The van der Waals surface area contributed by atoms with Gasteiger partial charge >= 0.3 is 0 Å². The summed E-state index contributed by atoms with van der Waals surface area (Å²) in [7, 11) is 0. The molecule has 0 aliphatic carbocycles. The molecule has 6 heteroatoms. The lowest BCUT2D eigenvalue weighted by atomic mass is 10.1. The summed E-state index contributed by atoms with van der Waals surface area (Å²) in [6.45, 7) is 2.87. The van der Waals surface area contributed by atoms with Crippen molar-refractivity contribution in [3.05, 3.63) is 111 Å². The number of hydrogen-bond acceptors (Lipinski definition) is 2. The summed E-state index contributed by atoms with van der Waals surface area (Å²) in [6, 6.07) is 19.9. The number of rotatable bonds is 4. The standard InChI is InChI=1S/C25H19ClFN3O/c1-16-2-11-22-21(12-16)23-24(30(22)14-18-3-7-19(26)8-4-18)25(31)29(15-28-23)13-17-5-9-20(27)10-6-17/h2-12,15H,13-14H2,1H3. The van der Waals surface area contributed by atoms with E-state index in [1.807, 2.05) is 47.9 Å². The van der Waals surface area contributed by atoms with Crippen LogP contribution in [0.4, 0.5) is 4.39 Å². The van der Waals surface area contributed by atoms with Crippen LogP contribution in [0.1, 0.15) is 16.7 Å². The minimum atomic E-state index is -0.303. The monoisotopic (exact) mass is 431 g/mol. The quantitative estimate of drug-likeness (QED) is 0.374. The van der Waals surface area contributed by atoms with E-state index in [1.165, 1.54) is 12.1 Å². The van der Waals surface area contributed by atoms with E-state index in [-0.39, 0.29) is 11.4 Å². The Labute approximate surface area is 183 Å². The first-order valence-corrected chi connectivity index (χ1v) is 10.3. The zero-order chi connectivity index (χ0) is 21.5. The summed E-state index contributed by atoms with van der Waals surface area (Å²) in [4.78, 5) is 18.2. The third-order valence-corrected chi connectivity index (χ3v) is 5.75. The van der Waals surface area contributed by atoms with Gasteiger partial charge in [0.1, 0.15) is 16.9 Å². The molecule has 0 aliphatic heterocycles. The van der Waals surface area contributed by atoms with Gasteiger partial charge in [0.05, 0.1) is 18.4 Å². The molecule has 0 fully saturated rings. The van der Waals surface area contributed by atoms with Crippen molar-refractivity contribution in [3.63, 3.8) is 0 Å². The van der Waals surface area contributed by atoms with Crippen LogP contribution < -0.4 is 5.56 Å². The second kappa shape index (κ2) is 7.67. The Kier molecular flexibility index (Phi) is 4.83. The second-order valence-corrected chi connectivity index (χ2v) is 8.17. The lowest BCUT2D eigenvalue weighted by molar-refractivity contribution is 0.626. The average molecular weight is 432 g/mol. The van der Waals surface area contributed by atoms with Crippen LogP contribution in [-0.2, 0) is 13.1 Å². The molecule has 0 atom stereocenters. The summed E-state index contributed by atoms with van der Waals surface area (Å²) in [6.07, 6.45) is 1.57. The summed E-state index contributed by atoms with van der Waals surface area (Å²) in [5, 5.41) is 1.62. The molecular weight excluding hydrogens is 413 g/mol. The molecule has 0 saturated heterocycles. The van der Waals surface area contributed by atoms with Crippen molar-refractivity contribution in [2.45, 2.75) is 20.0 Å². The minimum Gasteiger partial charge on any atom is -0.330 e. The van der Waals surface area contributed by atoms with Gasteiger partial charge in [-0.15, -0.1) is 0 Å². The predicted molar refractivity (Wildman–Crippen MR) is 122 cm³/mol. The zero-order valence-corrected chi connectivity index (χ0v) is 17.6. The predicted octanol–water partition coefficient (Wildman–Crippen LogP) is 5.55. The molecule has 3 aromatic carbocycles. The highest BCUT2D eigenvalue weighted by Gasteiger charge is 2.17. The van der Waals surface area contributed by atoms with E-state index in [2.05, 4.69) is 11.1 Å². The smallest absolute Gasteiger partial charge is 0.278 e. The number of benzene rings is 3. The number of fused-ring (bicyclic) bond motifs is 3. The first-order chi connectivity index (χ1) is 15.0. The molecule has 5 rings (SSSR count). The van der Waals surface area contributed by atoms with Crippen molar-refractivity contribution in [2.75, 3.05) is 0 Å². The van der Waals surface area contributed by atoms with Gasteiger partial charge in [-0.1, -0.05) is 47.5 Å². The molecular formula is C25H19ClFN3O. The Bertz CT molecular complexity index is 1470. The molecule has 0 amide bonds. The Hall–Kier alpha value is -3.44. The van der Waals surface area contributed by atoms with Crippen molar-refractivity contribution in [3.8, 4) is 0 Å². The minimum absolute atomic E-state index is 0.128. The molecule has 0 saturated carbocycles. The number of aromatic nitrogens is 3. The highest BCUT2D eigenvalue weighted by molar-refractivity contribution is 6.30. The number of hydrogen-bond donors (Lipinski definition) is 0. The SMILES string of the molecule is Cc1ccc2c(c1)c1ncn(Cc3ccc(F)cc3)c(=O)c1n2Cc1ccc(Cl)cc1. The molecule has 4 nitrogen and oxygen atoms in total. The van der Waals surface area contributed by atoms with Crippen LogP contribution in [0.3, 0.4) is 0 Å². The first kappa shape index (κ1) is 19.5. The number of nitrogens with zero attached hydrogens (tertiary/aromatic N) is 3. The topological polar surface area (TPSA) is 39.8 Å². The molecule has 2 aromatic heterocycles. The second-order valence-electron chi connectivity index (χ2n) is 7.73. The van der Waals surface area contributed by atoms with Crippen LogP contribution in [0, 0.1) is 12.7 Å². The van der Waals surface area contributed by atoms with Gasteiger partial charge in [-0.25, -0.2) is 9.37 Å². The van der Waals surface area contributed by atoms with Crippen LogP contribution in [-0.4, -0.2) is 14.1 Å². The Morgan fingerprint density at radius 2 is 1.61 bits per heavy atom. The number of aryl methyl sites for hydroxylation is 1. The molecule has 0 unspecified atom stereocenters. The van der Waals surface area contributed by atoms with Crippen LogP contribution in [0.25, 0.3) is 21.9 Å². The van der Waals surface area contributed by atoms with E-state index in [9.17, 15) is 9.18 Å². The molecule has 0 N–H and O–H groups in total. The first-order valence-electron chi connectivity index (χ1n) is 9.96. The fourth-order valence-corrected chi connectivity index (χ4v) is 4.08. The zero-order valence-electron chi connectivity index (χ0n) is 16.8. The fourth-order valence-electron chi connectivity index (χ4n) is 3.95. The Morgan fingerprint density at radius 3 is 2.35 bits per heavy atom. The Morgan fingerprint density at radius 1 is 0.935 bits per heavy atom. The van der Waals surface area contributed by atoms with E-state index < -0.39 is 0 Å². The summed E-state index contributed by atoms with van der Waals surface area (Å²) < 4.78 is 16.8. The molecule has 0 radical (unpaired) electrons. The van der Waals surface area contributed by atoms with Crippen molar-refractivity contribution in [1.82, 2.24) is 14.1 Å².